The van der Waals surface area contributed by atoms with E-state index in [0.717, 1.165) is 5.56 Å². The van der Waals surface area contributed by atoms with Crippen molar-refractivity contribution in [1.82, 2.24) is 10.3 Å². The summed E-state index contributed by atoms with van der Waals surface area (Å²) in [5, 5.41) is 3.58. The highest BCUT2D eigenvalue weighted by Gasteiger charge is 2.37. The molecule has 1 N–H and O–H groups in total. The monoisotopic (exact) mass is 396 g/mol. The Morgan fingerprint density at radius 1 is 0.857 bits per heavy atom. The van der Waals surface area contributed by atoms with Crippen LogP contribution < -0.4 is 5.32 Å². The lowest BCUT2D eigenvalue weighted by Gasteiger charge is -2.14. The second kappa shape index (κ2) is 6.85. The van der Waals surface area contributed by atoms with Crippen LogP contribution in [-0.4, -0.2) is 12.0 Å². The molecule has 0 aliphatic carbocycles. The zero-order valence-corrected chi connectivity index (χ0v) is 14.5. The van der Waals surface area contributed by atoms with Gasteiger partial charge in [-0.2, -0.15) is 26.3 Å². The summed E-state index contributed by atoms with van der Waals surface area (Å²) in [6.45, 7) is 3.84. The molecule has 1 aromatic heterocycles. The van der Waals surface area contributed by atoms with E-state index in [0.29, 0.717) is 28.7 Å². The summed E-state index contributed by atoms with van der Waals surface area (Å²) in [7, 11) is 1.71. The van der Waals surface area contributed by atoms with Gasteiger partial charge in [-0.1, -0.05) is 18.7 Å². The molecule has 2 nitrogen and oxygen atoms in total. The number of benzene rings is 2. The van der Waals surface area contributed by atoms with Crippen LogP contribution in [0.25, 0.3) is 27.9 Å². The number of fused-ring (bicyclic) bond motifs is 1. The summed E-state index contributed by atoms with van der Waals surface area (Å²) in [5.41, 5.74) is -1.09. The van der Waals surface area contributed by atoms with Gasteiger partial charge in [-0.3, -0.25) is 0 Å². The lowest BCUT2D eigenvalue weighted by atomic mass is 10.0. The fraction of sp³-hybridized carbons (Fsp3) is 0.150. The third-order valence-corrected chi connectivity index (χ3v) is 4.22. The van der Waals surface area contributed by atoms with Gasteiger partial charge in [0.05, 0.1) is 22.3 Å². The average Bonchev–Trinajstić information content (AvgIpc) is 2.64. The first kappa shape index (κ1) is 19.7. The molecule has 0 aliphatic heterocycles. The van der Waals surface area contributed by atoms with Crippen LogP contribution in [0.3, 0.4) is 0 Å². The number of nitrogens with one attached hydrogen (secondary N) is 1. The number of halogens is 6. The minimum absolute atomic E-state index is 0.0179. The molecule has 0 radical (unpaired) electrons. The number of rotatable bonds is 3. The first-order valence-electron chi connectivity index (χ1n) is 8.07. The SMILES string of the molecule is C=C(NC)c1ccc2nc(-c3cc(C(F)(F)F)cc(C(F)(F)F)c3)ccc2c1. The largest absolute Gasteiger partial charge is 0.416 e. The zero-order chi connectivity index (χ0) is 20.7. The summed E-state index contributed by atoms with van der Waals surface area (Å²) in [5.74, 6) is 0. The number of hydrogen-bond donors (Lipinski definition) is 1. The summed E-state index contributed by atoms with van der Waals surface area (Å²) in [6, 6.07) is 9.54. The average molecular weight is 396 g/mol. The maximum absolute atomic E-state index is 13.1. The molecular formula is C20H14F6N2. The van der Waals surface area contributed by atoms with Crippen molar-refractivity contribution in [2.24, 2.45) is 0 Å². The Kier molecular flexibility index (Phi) is 4.82. The summed E-state index contributed by atoms with van der Waals surface area (Å²) in [4.78, 5) is 4.23. The van der Waals surface area contributed by atoms with E-state index in [1.165, 1.54) is 6.07 Å². The van der Waals surface area contributed by atoms with Gasteiger partial charge in [-0.05, 0) is 42.0 Å². The van der Waals surface area contributed by atoms with Gasteiger partial charge in [0.25, 0.3) is 0 Å². The minimum Gasteiger partial charge on any atom is -0.388 e. The van der Waals surface area contributed by atoms with E-state index in [9.17, 15) is 26.3 Å². The first-order valence-corrected chi connectivity index (χ1v) is 8.07. The zero-order valence-electron chi connectivity index (χ0n) is 14.5. The minimum atomic E-state index is -4.91. The third kappa shape index (κ3) is 3.95. The fourth-order valence-corrected chi connectivity index (χ4v) is 2.72. The molecule has 3 rings (SSSR count). The normalized spacial score (nSPS) is 12.2. The van der Waals surface area contributed by atoms with E-state index >= 15 is 0 Å². The predicted octanol–water partition coefficient (Wildman–Crippen LogP) is 6.13. The van der Waals surface area contributed by atoms with Gasteiger partial charge in [0.15, 0.2) is 0 Å². The second-order valence-corrected chi connectivity index (χ2v) is 6.13. The molecule has 0 unspecified atom stereocenters. The summed E-state index contributed by atoms with van der Waals surface area (Å²) < 4.78 is 78.3. The Balaban J connectivity index is 2.14. The van der Waals surface area contributed by atoms with E-state index < -0.39 is 23.5 Å². The van der Waals surface area contributed by atoms with Crippen LogP contribution in [0.1, 0.15) is 16.7 Å². The van der Waals surface area contributed by atoms with E-state index in [4.69, 9.17) is 0 Å². The quantitative estimate of drug-likeness (QED) is 0.539. The molecule has 0 aliphatic rings. The smallest absolute Gasteiger partial charge is 0.388 e. The van der Waals surface area contributed by atoms with Crippen molar-refractivity contribution in [3.05, 3.63) is 71.8 Å². The molecule has 0 atom stereocenters. The molecule has 0 spiro atoms. The summed E-state index contributed by atoms with van der Waals surface area (Å²) in [6.07, 6.45) is -9.81. The first-order chi connectivity index (χ1) is 13.0. The van der Waals surface area contributed by atoms with Crippen LogP contribution >= 0.6 is 0 Å². The molecule has 8 heteroatoms. The molecule has 3 aromatic rings. The molecule has 146 valence electrons. The van der Waals surface area contributed by atoms with E-state index in [1.54, 1.807) is 31.3 Å². The van der Waals surface area contributed by atoms with Crippen molar-refractivity contribution in [1.29, 1.82) is 0 Å². The van der Waals surface area contributed by atoms with Crippen molar-refractivity contribution in [2.45, 2.75) is 12.4 Å². The van der Waals surface area contributed by atoms with Gasteiger partial charge in [0.1, 0.15) is 0 Å². The fourth-order valence-electron chi connectivity index (χ4n) is 2.72. The highest BCUT2D eigenvalue weighted by molar-refractivity contribution is 5.85. The van der Waals surface area contributed by atoms with Crippen molar-refractivity contribution in [3.8, 4) is 11.3 Å². The highest BCUT2D eigenvalue weighted by Crippen LogP contribution is 2.38. The van der Waals surface area contributed by atoms with Crippen molar-refractivity contribution < 1.29 is 26.3 Å². The number of alkyl halides is 6. The molecule has 0 saturated heterocycles. The Hall–Kier alpha value is -3.03. The molecule has 0 amide bonds. The van der Waals surface area contributed by atoms with E-state index in [1.807, 2.05) is 0 Å². The van der Waals surface area contributed by atoms with Gasteiger partial charge in [0, 0.05) is 23.7 Å². The lowest BCUT2D eigenvalue weighted by Crippen LogP contribution is -2.11. The Morgan fingerprint density at radius 2 is 1.46 bits per heavy atom. The van der Waals surface area contributed by atoms with Crippen LogP contribution in [0.2, 0.25) is 0 Å². The van der Waals surface area contributed by atoms with Crippen LogP contribution in [0.5, 0.6) is 0 Å². The third-order valence-electron chi connectivity index (χ3n) is 4.22. The standard InChI is InChI=1S/C20H14F6N2/c1-11(27-2)12-3-5-17-13(7-12)4-6-18(28-17)14-8-15(19(21,22)23)10-16(9-14)20(24,25)26/h3-10,27H,1H2,2H3. The molecular weight excluding hydrogens is 382 g/mol. The molecule has 0 fully saturated rings. The van der Waals surface area contributed by atoms with Gasteiger partial charge in [-0.15, -0.1) is 0 Å². The van der Waals surface area contributed by atoms with Gasteiger partial charge >= 0.3 is 12.4 Å². The predicted molar refractivity (Wildman–Crippen MR) is 95.3 cm³/mol. The van der Waals surface area contributed by atoms with E-state index in [-0.39, 0.29) is 17.3 Å². The van der Waals surface area contributed by atoms with Gasteiger partial charge in [0.2, 0.25) is 0 Å². The second-order valence-electron chi connectivity index (χ2n) is 6.13. The Bertz CT molecular complexity index is 1020. The van der Waals surface area contributed by atoms with E-state index in [2.05, 4.69) is 16.9 Å². The van der Waals surface area contributed by atoms with Crippen molar-refractivity contribution >= 4 is 16.6 Å². The maximum Gasteiger partial charge on any atom is 0.416 e. The van der Waals surface area contributed by atoms with Crippen molar-refractivity contribution in [2.75, 3.05) is 7.05 Å². The van der Waals surface area contributed by atoms with Crippen molar-refractivity contribution in [3.63, 3.8) is 0 Å². The lowest BCUT2D eigenvalue weighted by molar-refractivity contribution is -0.143. The molecule has 28 heavy (non-hydrogen) atoms. The Morgan fingerprint density at radius 3 is 2.00 bits per heavy atom. The van der Waals surface area contributed by atoms with Crippen LogP contribution in [0.4, 0.5) is 26.3 Å². The van der Waals surface area contributed by atoms with Crippen LogP contribution in [-0.2, 0) is 12.4 Å². The number of nitrogens with zero attached hydrogens (tertiary/aromatic N) is 1. The maximum atomic E-state index is 13.1. The molecule has 1 heterocycles. The summed E-state index contributed by atoms with van der Waals surface area (Å²) >= 11 is 0. The topological polar surface area (TPSA) is 24.9 Å². The Labute approximate surface area is 156 Å². The number of pyridine rings is 1. The van der Waals surface area contributed by atoms with Gasteiger partial charge in [-0.25, -0.2) is 4.98 Å². The van der Waals surface area contributed by atoms with Crippen LogP contribution in [0.15, 0.2) is 55.1 Å². The van der Waals surface area contributed by atoms with Crippen LogP contribution in [0, 0.1) is 0 Å². The molecule has 2 aromatic carbocycles. The molecule has 0 bridgehead atoms. The highest BCUT2D eigenvalue weighted by atomic mass is 19.4. The number of hydrogen-bond acceptors (Lipinski definition) is 2. The van der Waals surface area contributed by atoms with Gasteiger partial charge < -0.3 is 5.32 Å². The number of aromatic nitrogens is 1. The molecule has 0 saturated carbocycles.